The number of carbonyl (C=O) groups is 1. The Bertz CT molecular complexity index is 1510. The molecule has 2 aromatic carbocycles. The van der Waals surface area contributed by atoms with Crippen LogP contribution in [0.3, 0.4) is 0 Å². The van der Waals surface area contributed by atoms with Crippen molar-refractivity contribution in [3.05, 3.63) is 75.9 Å². The molecule has 0 aliphatic carbocycles. The number of hydrogen-bond acceptors (Lipinski definition) is 6. The zero-order chi connectivity index (χ0) is 23.9. The zero-order valence-corrected chi connectivity index (χ0v) is 20.2. The van der Waals surface area contributed by atoms with Crippen LogP contribution >= 0.6 is 22.9 Å². The van der Waals surface area contributed by atoms with E-state index in [0.29, 0.717) is 33.4 Å². The van der Waals surface area contributed by atoms with E-state index in [-0.39, 0.29) is 4.90 Å². The number of anilines is 1. The van der Waals surface area contributed by atoms with Gasteiger partial charge in [-0.3, -0.25) is 14.2 Å². The molecule has 0 spiro atoms. The van der Waals surface area contributed by atoms with Crippen molar-refractivity contribution in [1.82, 2.24) is 15.6 Å². The second-order valence-corrected chi connectivity index (χ2v) is 10.7. The Kier molecular flexibility index (Phi) is 5.72. The van der Waals surface area contributed by atoms with Gasteiger partial charge in [-0.1, -0.05) is 60.1 Å². The summed E-state index contributed by atoms with van der Waals surface area (Å²) in [6, 6.07) is 17.6. The van der Waals surface area contributed by atoms with Crippen molar-refractivity contribution in [1.29, 1.82) is 0 Å². The predicted molar refractivity (Wildman–Crippen MR) is 134 cm³/mol. The highest BCUT2D eigenvalue weighted by Gasteiger charge is 2.39. The van der Waals surface area contributed by atoms with Gasteiger partial charge in [-0.25, -0.2) is 13.8 Å². The number of benzene rings is 2. The molecule has 3 heterocycles. The first-order chi connectivity index (χ1) is 16.4. The number of amides is 1. The first-order valence-electron chi connectivity index (χ1n) is 10.2. The van der Waals surface area contributed by atoms with Crippen LogP contribution in [0.2, 0.25) is 5.02 Å². The maximum absolute atomic E-state index is 13.6. The second-order valence-electron chi connectivity index (χ2n) is 7.50. The molecule has 0 radical (unpaired) electrons. The summed E-state index contributed by atoms with van der Waals surface area (Å²) in [6.45, 7) is 1.24. The molecule has 4 aromatic rings. The molecule has 0 fully saturated rings. The summed E-state index contributed by atoms with van der Waals surface area (Å²) in [7, 11) is -4.04. The summed E-state index contributed by atoms with van der Waals surface area (Å²) < 4.78 is 28.3. The molecule has 0 saturated carbocycles. The number of halogens is 1. The number of sulfonamides is 1. The maximum atomic E-state index is 13.6. The number of nitrogens with one attached hydrogen (secondary N) is 2. The first kappa shape index (κ1) is 22.3. The van der Waals surface area contributed by atoms with Crippen LogP contribution in [0, 0.1) is 0 Å². The van der Waals surface area contributed by atoms with Gasteiger partial charge in [0.15, 0.2) is 0 Å². The molecule has 1 aliphatic heterocycles. The Morgan fingerprint density at radius 2 is 1.88 bits per heavy atom. The average molecular weight is 512 g/mol. The lowest BCUT2D eigenvalue weighted by Crippen LogP contribution is -2.41. The number of rotatable bonds is 5. The number of H-pyrrole nitrogens is 1. The maximum Gasteiger partial charge on any atom is 0.265 e. The molecule has 172 valence electrons. The minimum atomic E-state index is -4.04. The van der Waals surface area contributed by atoms with E-state index in [1.54, 1.807) is 31.2 Å². The summed E-state index contributed by atoms with van der Waals surface area (Å²) in [5.41, 5.74) is 5.49. The molecular formula is C23H18ClN5O3S2. The van der Waals surface area contributed by atoms with E-state index in [1.165, 1.54) is 17.4 Å². The van der Waals surface area contributed by atoms with Crippen LogP contribution in [0.25, 0.3) is 22.5 Å². The number of aromatic amines is 1. The van der Waals surface area contributed by atoms with Crippen molar-refractivity contribution < 1.29 is 13.2 Å². The Labute approximate surface area is 204 Å². The third-order valence-corrected chi connectivity index (χ3v) is 8.60. The van der Waals surface area contributed by atoms with Gasteiger partial charge in [0.2, 0.25) is 0 Å². The van der Waals surface area contributed by atoms with Crippen LogP contribution < -0.4 is 9.73 Å². The van der Waals surface area contributed by atoms with Crippen molar-refractivity contribution in [2.45, 2.75) is 11.8 Å². The molecule has 2 N–H and O–H groups in total. The molecule has 0 unspecified atom stereocenters. The average Bonchev–Trinajstić information content (AvgIpc) is 3.47. The lowest BCUT2D eigenvalue weighted by Gasteiger charge is -2.29. The SMILES string of the molecule is C/C(=N\NC(=O)CN1c2c(-c3ccccc3)n[nH]c2-c2ccccc2S1(=O)=O)c1sccc1Cl. The third-order valence-electron chi connectivity index (χ3n) is 5.34. The van der Waals surface area contributed by atoms with Gasteiger partial charge in [0, 0.05) is 11.1 Å². The summed E-state index contributed by atoms with van der Waals surface area (Å²) in [4.78, 5) is 13.7. The molecule has 11 heteroatoms. The molecule has 8 nitrogen and oxygen atoms in total. The van der Waals surface area contributed by atoms with E-state index in [4.69, 9.17) is 11.6 Å². The number of fused-ring (bicyclic) bond motifs is 3. The van der Waals surface area contributed by atoms with Gasteiger partial charge in [-0.2, -0.15) is 10.2 Å². The molecule has 0 atom stereocenters. The van der Waals surface area contributed by atoms with Crippen LogP contribution in [0.1, 0.15) is 11.8 Å². The highest BCUT2D eigenvalue weighted by molar-refractivity contribution is 7.93. The van der Waals surface area contributed by atoms with Crippen LogP contribution in [-0.2, 0) is 14.8 Å². The number of carbonyl (C=O) groups excluding carboxylic acids is 1. The van der Waals surface area contributed by atoms with Gasteiger partial charge < -0.3 is 0 Å². The summed E-state index contributed by atoms with van der Waals surface area (Å²) in [5, 5.41) is 13.8. The van der Waals surface area contributed by atoms with E-state index >= 15 is 0 Å². The normalized spacial score (nSPS) is 14.4. The minimum Gasteiger partial charge on any atom is -0.275 e. The molecular weight excluding hydrogens is 494 g/mol. The number of thiophene rings is 1. The van der Waals surface area contributed by atoms with Crippen LogP contribution in [0.4, 0.5) is 5.69 Å². The van der Waals surface area contributed by atoms with Gasteiger partial charge >= 0.3 is 0 Å². The first-order valence-corrected chi connectivity index (χ1v) is 12.9. The van der Waals surface area contributed by atoms with E-state index in [9.17, 15) is 13.2 Å². The molecule has 1 aliphatic rings. The highest BCUT2D eigenvalue weighted by atomic mass is 35.5. The Morgan fingerprint density at radius 1 is 1.15 bits per heavy atom. The van der Waals surface area contributed by atoms with Gasteiger partial charge in [0.1, 0.15) is 17.9 Å². The lowest BCUT2D eigenvalue weighted by molar-refractivity contribution is -0.119. The van der Waals surface area contributed by atoms with Crippen molar-refractivity contribution in [3.8, 4) is 22.5 Å². The lowest BCUT2D eigenvalue weighted by atomic mass is 10.1. The van der Waals surface area contributed by atoms with E-state index in [0.717, 1.165) is 14.7 Å². The fraction of sp³-hybridized carbons (Fsp3) is 0.0870. The molecule has 0 saturated heterocycles. The minimum absolute atomic E-state index is 0.101. The zero-order valence-electron chi connectivity index (χ0n) is 17.8. The Morgan fingerprint density at radius 3 is 2.62 bits per heavy atom. The second kappa shape index (κ2) is 8.71. The van der Waals surface area contributed by atoms with Gasteiger partial charge in [-0.05, 0) is 24.4 Å². The van der Waals surface area contributed by atoms with Gasteiger partial charge in [0.05, 0.1) is 26.2 Å². The van der Waals surface area contributed by atoms with Gasteiger partial charge in [0.25, 0.3) is 15.9 Å². The van der Waals surface area contributed by atoms with Crippen molar-refractivity contribution >= 4 is 50.3 Å². The summed E-state index contributed by atoms with van der Waals surface area (Å²) in [6.07, 6.45) is 0. The molecule has 2 aromatic heterocycles. The largest absolute Gasteiger partial charge is 0.275 e. The number of hydrazone groups is 1. The van der Waals surface area contributed by atoms with Crippen LogP contribution in [0.5, 0.6) is 0 Å². The van der Waals surface area contributed by atoms with Crippen molar-refractivity contribution in [2.75, 3.05) is 10.8 Å². The van der Waals surface area contributed by atoms with Crippen molar-refractivity contribution in [3.63, 3.8) is 0 Å². The monoisotopic (exact) mass is 511 g/mol. The number of aromatic nitrogens is 2. The van der Waals surface area contributed by atoms with E-state index in [1.807, 2.05) is 35.7 Å². The van der Waals surface area contributed by atoms with Crippen LogP contribution in [-0.4, -0.2) is 36.8 Å². The molecule has 0 bridgehead atoms. The summed E-state index contributed by atoms with van der Waals surface area (Å²) >= 11 is 7.52. The smallest absolute Gasteiger partial charge is 0.265 e. The molecule has 1 amide bonds. The Balaban J connectivity index is 1.54. The van der Waals surface area contributed by atoms with Gasteiger partial charge in [-0.15, -0.1) is 11.3 Å². The fourth-order valence-corrected chi connectivity index (χ4v) is 6.57. The standard InChI is InChI=1S/C23H18ClN5O3S2/c1-14(23-17(24)11-12-33-23)25-26-19(30)13-29-22-20(15-7-3-2-4-8-15)27-28-21(22)16-9-5-6-10-18(16)34(29,31)32/h2-12H,13H2,1H3,(H,26,30)(H,27,28)/b25-14+. The van der Waals surface area contributed by atoms with Crippen molar-refractivity contribution in [2.24, 2.45) is 5.10 Å². The number of nitrogens with zero attached hydrogens (tertiary/aromatic N) is 3. The molecule has 34 heavy (non-hydrogen) atoms. The topological polar surface area (TPSA) is 108 Å². The highest BCUT2D eigenvalue weighted by Crippen LogP contribution is 2.46. The number of hydrogen-bond donors (Lipinski definition) is 2. The van der Waals surface area contributed by atoms with E-state index < -0.39 is 22.5 Å². The quantitative estimate of drug-likeness (QED) is 0.303. The fourth-order valence-electron chi connectivity index (χ4n) is 3.78. The van der Waals surface area contributed by atoms with E-state index in [2.05, 4.69) is 20.7 Å². The molecule has 5 rings (SSSR count). The predicted octanol–water partition coefficient (Wildman–Crippen LogP) is 4.51. The van der Waals surface area contributed by atoms with Crippen LogP contribution in [0.15, 0.2) is 76.0 Å². The third kappa shape index (κ3) is 3.79. The Hall–Kier alpha value is -3.47. The summed E-state index contributed by atoms with van der Waals surface area (Å²) in [5.74, 6) is -0.596.